The minimum atomic E-state index is -0.359. The summed E-state index contributed by atoms with van der Waals surface area (Å²) in [7, 11) is 0. The fourth-order valence-corrected chi connectivity index (χ4v) is 6.19. The molecule has 0 aromatic heterocycles. The van der Waals surface area contributed by atoms with E-state index in [4.69, 9.17) is 0 Å². The molecule has 0 saturated carbocycles. The van der Waals surface area contributed by atoms with E-state index in [2.05, 4.69) is 9.80 Å². The lowest BCUT2D eigenvalue weighted by Gasteiger charge is -2.34. The van der Waals surface area contributed by atoms with Crippen molar-refractivity contribution >= 4 is 45.5 Å². The highest BCUT2D eigenvalue weighted by Gasteiger charge is 2.46. The molecule has 6 aromatic carbocycles. The number of nitrogens with zero attached hydrogens (tertiary/aromatic N) is 4. The standard InChI is InChI=1S/C38H26F2N4/c39-31-23-13-25-33-35(31)43(29-19-9-3-10-20-29)37(41(33)27-15-5-1-6-16-27)38-42(28-17-7-2-8-18-28)34-26-14-24-32(40)36(34)44(38)30-21-11-4-12-22-30/h1-26H/b38-37+. The zero-order valence-electron chi connectivity index (χ0n) is 23.6. The highest BCUT2D eigenvalue weighted by Crippen LogP contribution is 2.57. The second-order valence-corrected chi connectivity index (χ2v) is 10.5. The minimum Gasteiger partial charge on any atom is -0.291 e. The van der Waals surface area contributed by atoms with Crippen LogP contribution in [-0.4, -0.2) is 0 Å². The van der Waals surface area contributed by atoms with Crippen molar-refractivity contribution in [3.63, 3.8) is 0 Å². The third-order valence-corrected chi connectivity index (χ3v) is 7.96. The summed E-state index contributed by atoms with van der Waals surface area (Å²) in [5.74, 6) is 0.598. The van der Waals surface area contributed by atoms with E-state index in [9.17, 15) is 0 Å². The van der Waals surface area contributed by atoms with Crippen molar-refractivity contribution < 1.29 is 8.78 Å². The van der Waals surface area contributed by atoms with Gasteiger partial charge in [-0.1, -0.05) is 84.9 Å². The van der Waals surface area contributed by atoms with E-state index in [1.807, 2.05) is 143 Å². The van der Waals surface area contributed by atoms with Gasteiger partial charge in [-0.05, 0) is 72.8 Å². The molecule has 0 unspecified atom stereocenters. The first kappa shape index (κ1) is 25.8. The smallest absolute Gasteiger partial charge is 0.166 e. The molecule has 4 nitrogen and oxygen atoms in total. The summed E-state index contributed by atoms with van der Waals surface area (Å²) >= 11 is 0. The molecule has 0 fully saturated rings. The molecule has 0 amide bonds. The average molecular weight is 577 g/mol. The summed E-state index contributed by atoms with van der Waals surface area (Å²) in [4.78, 5) is 8.03. The first-order valence-corrected chi connectivity index (χ1v) is 14.4. The fourth-order valence-electron chi connectivity index (χ4n) is 6.19. The molecule has 0 saturated heterocycles. The molecule has 0 aliphatic carbocycles. The summed E-state index contributed by atoms with van der Waals surface area (Å²) in [6, 6.07) is 49.6. The zero-order chi connectivity index (χ0) is 29.6. The Morgan fingerprint density at radius 3 is 0.909 bits per heavy atom. The van der Waals surface area contributed by atoms with Gasteiger partial charge in [0.2, 0.25) is 0 Å². The molecular formula is C38H26F2N4. The Balaban J connectivity index is 1.56. The quantitative estimate of drug-likeness (QED) is 0.207. The van der Waals surface area contributed by atoms with Gasteiger partial charge in [-0.2, -0.15) is 0 Å². The SMILES string of the molecule is Fc1cccc2c1N(c1ccccc1)/C(=C1\N(c3ccccc3)c3cccc(F)c3N1c1ccccc1)N2c1ccccc1. The number of fused-ring (bicyclic) bond motifs is 2. The molecule has 2 aliphatic rings. The van der Waals surface area contributed by atoms with Crippen molar-refractivity contribution in [1.29, 1.82) is 0 Å². The molecule has 44 heavy (non-hydrogen) atoms. The molecule has 2 aliphatic heterocycles. The van der Waals surface area contributed by atoms with Crippen LogP contribution in [0.15, 0.2) is 169 Å². The van der Waals surface area contributed by atoms with Crippen LogP contribution < -0.4 is 19.6 Å². The predicted molar refractivity (Wildman–Crippen MR) is 174 cm³/mol. The van der Waals surface area contributed by atoms with Crippen molar-refractivity contribution in [3.05, 3.63) is 181 Å². The second-order valence-electron chi connectivity index (χ2n) is 10.5. The van der Waals surface area contributed by atoms with Crippen LogP contribution in [0.4, 0.5) is 54.3 Å². The van der Waals surface area contributed by atoms with Gasteiger partial charge in [0.1, 0.15) is 23.0 Å². The lowest BCUT2D eigenvalue weighted by atomic mass is 10.2. The van der Waals surface area contributed by atoms with Crippen molar-refractivity contribution in [2.45, 2.75) is 0 Å². The van der Waals surface area contributed by atoms with Crippen LogP contribution in [0.5, 0.6) is 0 Å². The largest absolute Gasteiger partial charge is 0.291 e. The molecule has 212 valence electrons. The number of anilines is 8. The van der Waals surface area contributed by atoms with Gasteiger partial charge in [0.05, 0.1) is 11.4 Å². The maximum Gasteiger partial charge on any atom is 0.166 e. The van der Waals surface area contributed by atoms with Gasteiger partial charge in [0.15, 0.2) is 11.6 Å². The Labute approximate surface area is 254 Å². The number of hydrogen-bond donors (Lipinski definition) is 0. The molecule has 6 heteroatoms. The van der Waals surface area contributed by atoms with Gasteiger partial charge in [-0.3, -0.25) is 19.6 Å². The summed E-state index contributed by atoms with van der Waals surface area (Å²) in [6.07, 6.45) is 0. The van der Waals surface area contributed by atoms with Gasteiger partial charge in [0.25, 0.3) is 0 Å². The Bertz CT molecular complexity index is 1850. The van der Waals surface area contributed by atoms with Crippen LogP contribution in [0.1, 0.15) is 0 Å². The van der Waals surface area contributed by atoms with Gasteiger partial charge < -0.3 is 0 Å². The molecule has 0 bridgehead atoms. The van der Waals surface area contributed by atoms with E-state index in [1.165, 1.54) is 12.1 Å². The summed E-state index contributed by atoms with van der Waals surface area (Å²) in [6.45, 7) is 0. The lowest BCUT2D eigenvalue weighted by Crippen LogP contribution is -2.33. The van der Waals surface area contributed by atoms with Crippen LogP contribution in [-0.2, 0) is 0 Å². The Morgan fingerprint density at radius 1 is 0.295 bits per heavy atom. The maximum atomic E-state index is 16.2. The molecule has 2 heterocycles. The maximum absolute atomic E-state index is 16.2. The molecule has 8 rings (SSSR count). The molecule has 0 radical (unpaired) electrons. The van der Waals surface area contributed by atoms with Crippen LogP contribution in [0.3, 0.4) is 0 Å². The summed E-state index contributed by atoms with van der Waals surface area (Å²) in [5, 5.41) is 0. The van der Waals surface area contributed by atoms with Crippen LogP contribution in [0, 0.1) is 11.6 Å². The molecule has 0 atom stereocenters. The van der Waals surface area contributed by atoms with E-state index in [1.54, 1.807) is 12.1 Å². The van der Waals surface area contributed by atoms with Gasteiger partial charge in [-0.25, -0.2) is 8.78 Å². The average Bonchev–Trinajstić information content (AvgIpc) is 3.61. The molecule has 0 spiro atoms. The van der Waals surface area contributed by atoms with Gasteiger partial charge >= 0.3 is 0 Å². The highest BCUT2D eigenvalue weighted by atomic mass is 19.1. The first-order chi connectivity index (χ1) is 21.7. The second kappa shape index (κ2) is 10.4. The van der Waals surface area contributed by atoms with Gasteiger partial charge in [0, 0.05) is 22.7 Å². The molecule has 0 N–H and O–H groups in total. The van der Waals surface area contributed by atoms with E-state index < -0.39 is 0 Å². The summed E-state index contributed by atoms with van der Waals surface area (Å²) in [5.41, 5.74) is 5.44. The number of benzene rings is 6. The topological polar surface area (TPSA) is 13.0 Å². The Morgan fingerprint density at radius 2 is 0.591 bits per heavy atom. The Kier molecular flexibility index (Phi) is 6.12. The highest BCUT2D eigenvalue weighted by molar-refractivity contribution is 6.00. The van der Waals surface area contributed by atoms with Crippen LogP contribution in [0.2, 0.25) is 0 Å². The third kappa shape index (κ3) is 3.96. The third-order valence-electron chi connectivity index (χ3n) is 7.96. The normalized spacial score (nSPS) is 15.5. The van der Waals surface area contributed by atoms with Crippen molar-refractivity contribution in [1.82, 2.24) is 0 Å². The van der Waals surface area contributed by atoms with Crippen molar-refractivity contribution in [3.8, 4) is 0 Å². The number of halogens is 2. The van der Waals surface area contributed by atoms with Crippen molar-refractivity contribution in [2.24, 2.45) is 0 Å². The fraction of sp³-hybridized carbons (Fsp3) is 0. The zero-order valence-corrected chi connectivity index (χ0v) is 23.6. The number of para-hydroxylation sites is 6. The predicted octanol–water partition coefficient (Wildman–Crippen LogP) is 10.4. The Hall–Kier alpha value is -5.88. The number of rotatable bonds is 4. The summed E-state index contributed by atoms with van der Waals surface area (Å²) < 4.78 is 32.3. The van der Waals surface area contributed by atoms with Crippen LogP contribution >= 0.6 is 0 Å². The first-order valence-electron chi connectivity index (χ1n) is 14.4. The minimum absolute atomic E-state index is 0.359. The lowest BCUT2D eigenvalue weighted by molar-refractivity contribution is 0.629. The van der Waals surface area contributed by atoms with E-state index >= 15 is 8.78 Å². The van der Waals surface area contributed by atoms with E-state index in [0.29, 0.717) is 34.4 Å². The molecular weight excluding hydrogens is 550 g/mol. The van der Waals surface area contributed by atoms with Crippen LogP contribution in [0.25, 0.3) is 0 Å². The monoisotopic (exact) mass is 576 g/mol. The van der Waals surface area contributed by atoms with Gasteiger partial charge in [-0.15, -0.1) is 0 Å². The van der Waals surface area contributed by atoms with E-state index in [0.717, 1.165) is 22.7 Å². The van der Waals surface area contributed by atoms with Crippen molar-refractivity contribution in [2.75, 3.05) is 19.6 Å². The number of hydrogen-bond acceptors (Lipinski definition) is 4. The molecule has 6 aromatic rings. The van der Waals surface area contributed by atoms with E-state index in [-0.39, 0.29) is 11.6 Å².